The number of furan rings is 1. The minimum absolute atomic E-state index is 0.137. The summed E-state index contributed by atoms with van der Waals surface area (Å²) in [6.45, 7) is 6.57. The molecule has 0 aliphatic heterocycles. The van der Waals surface area contributed by atoms with Crippen LogP contribution < -0.4 is 10.1 Å². The number of nitrogens with one attached hydrogen (secondary N) is 1. The number of aryl methyl sites for hydroxylation is 1. The Balaban J connectivity index is 1.75. The molecule has 0 saturated carbocycles. The molecule has 142 valence electrons. The van der Waals surface area contributed by atoms with Gasteiger partial charge in [0.05, 0.1) is 0 Å². The van der Waals surface area contributed by atoms with Crippen LogP contribution in [0.5, 0.6) is 5.75 Å². The quantitative estimate of drug-likeness (QED) is 0.594. The van der Waals surface area contributed by atoms with Gasteiger partial charge in [-0.25, -0.2) is 0 Å². The van der Waals surface area contributed by atoms with E-state index in [1.54, 1.807) is 18.2 Å². The van der Waals surface area contributed by atoms with Crippen LogP contribution in [0.2, 0.25) is 0 Å². The smallest absolute Gasteiger partial charge is 0.228 e. The third-order valence-corrected chi connectivity index (χ3v) is 4.36. The second-order valence-electron chi connectivity index (χ2n) is 6.94. The molecule has 0 aliphatic carbocycles. The molecular weight excluding hydrogens is 342 g/mol. The minimum atomic E-state index is -0.600. The average molecular weight is 367 g/mol. The highest BCUT2D eigenvalue weighted by molar-refractivity contribution is 6.10. The molecule has 5 nitrogen and oxygen atoms in total. The predicted octanol–water partition coefficient (Wildman–Crippen LogP) is 3.71. The number of hydrogen-bond acceptors (Lipinski definition) is 5. The van der Waals surface area contributed by atoms with E-state index in [4.69, 9.17) is 9.15 Å². The van der Waals surface area contributed by atoms with Gasteiger partial charge in [0.2, 0.25) is 5.78 Å². The van der Waals surface area contributed by atoms with Gasteiger partial charge in [-0.05, 0) is 19.1 Å². The molecule has 3 rings (SSSR count). The Hall–Kier alpha value is -2.63. The van der Waals surface area contributed by atoms with Crippen molar-refractivity contribution in [2.24, 2.45) is 0 Å². The topological polar surface area (TPSA) is 71.7 Å². The number of carbonyl (C=O) groups is 1. The summed E-state index contributed by atoms with van der Waals surface area (Å²) in [4.78, 5) is 12.7. The molecule has 0 fully saturated rings. The Morgan fingerprint density at radius 2 is 1.93 bits per heavy atom. The molecule has 0 amide bonds. The van der Waals surface area contributed by atoms with E-state index in [-0.39, 0.29) is 12.4 Å². The van der Waals surface area contributed by atoms with Crippen molar-refractivity contribution in [2.75, 3.05) is 13.2 Å². The summed E-state index contributed by atoms with van der Waals surface area (Å²) in [5.41, 5.74) is 2.00. The van der Waals surface area contributed by atoms with E-state index in [1.165, 1.54) is 0 Å². The van der Waals surface area contributed by atoms with E-state index in [2.05, 4.69) is 5.32 Å². The average Bonchev–Trinajstić information content (AvgIpc) is 3.00. The first-order valence-electron chi connectivity index (χ1n) is 9.13. The molecule has 27 heavy (non-hydrogen) atoms. The van der Waals surface area contributed by atoms with Crippen molar-refractivity contribution >= 4 is 16.8 Å². The van der Waals surface area contributed by atoms with Gasteiger partial charge in [0.1, 0.15) is 24.0 Å². The summed E-state index contributed by atoms with van der Waals surface area (Å²) in [6.07, 6.45) is -0.600. The predicted molar refractivity (Wildman–Crippen MR) is 105 cm³/mol. The Bertz CT molecular complexity index is 915. The number of hydrogen-bond donors (Lipinski definition) is 2. The van der Waals surface area contributed by atoms with Crippen molar-refractivity contribution in [2.45, 2.75) is 32.9 Å². The Morgan fingerprint density at radius 1 is 1.19 bits per heavy atom. The van der Waals surface area contributed by atoms with Gasteiger partial charge in [0.25, 0.3) is 0 Å². The lowest BCUT2D eigenvalue weighted by molar-refractivity contribution is 0.101. The summed E-state index contributed by atoms with van der Waals surface area (Å²) < 4.78 is 11.5. The molecule has 0 bridgehead atoms. The van der Waals surface area contributed by atoms with Crippen molar-refractivity contribution < 1.29 is 19.1 Å². The highest BCUT2D eigenvalue weighted by Crippen LogP contribution is 2.30. The lowest BCUT2D eigenvalue weighted by Gasteiger charge is -2.14. The molecule has 1 aromatic heterocycles. The zero-order chi connectivity index (χ0) is 19.4. The number of aliphatic hydroxyl groups excluding tert-OH is 1. The van der Waals surface area contributed by atoms with Crippen LogP contribution in [-0.2, 0) is 0 Å². The van der Waals surface area contributed by atoms with E-state index in [0.717, 1.165) is 10.9 Å². The van der Waals surface area contributed by atoms with Crippen LogP contribution >= 0.6 is 0 Å². The molecule has 0 saturated heterocycles. The Morgan fingerprint density at radius 3 is 2.63 bits per heavy atom. The normalized spacial score (nSPS) is 12.5. The highest BCUT2D eigenvalue weighted by Gasteiger charge is 2.19. The fourth-order valence-corrected chi connectivity index (χ4v) is 2.86. The molecule has 2 aromatic carbocycles. The molecule has 1 heterocycles. The first-order valence-corrected chi connectivity index (χ1v) is 9.13. The molecule has 0 spiro atoms. The van der Waals surface area contributed by atoms with Gasteiger partial charge in [0.15, 0.2) is 5.76 Å². The van der Waals surface area contributed by atoms with Crippen molar-refractivity contribution in [1.82, 2.24) is 5.32 Å². The number of carbonyl (C=O) groups excluding carboxylic acids is 1. The summed E-state index contributed by atoms with van der Waals surface area (Å²) in [5, 5.41) is 14.0. The zero-order valence-electron chi connectivity index (χ0n) is 15.9. The van der Waals surface area contributed by atoms with E-state index in [1.807, 2.05) is 51.1 Å². The third-order valence-electron chi connectivity index (χ3n) is 4.36. The molecule has 5 heteroatoms. The van der Waals surface area contributed by atoms with Gasteiger partial charge in [-0.3, -0.25) is 4.79 Å². The van der Waals surface area contributed by atoms with Gasteiger partial charge in [0, 0.05) is 35.2 Å². The number of benzene rings is 2. The SMILES string of the molecule is Cc1c(C(=O)c2ccccc2)oc2cc(OCC(O)CNC(C)C)ccc12. The van der Waals surface area contributed by atoms with Crippen molar-refractivity contribution in [3.63, 3.8) is 0 Å². The van der Waals surface area contributed by atoms with Crippen LogP contribution in [-0.4, -0.2) is 36.2 Å². The number of ether oxygens (including phenoxy) is 1. The van der Waals surface area contributed by atoms with Gasteiger partial charge in [-0.15, -0.1) is 0 Å². The largest absolute Gasteiger partial charge is 0.491 e. The van der Waals surface area contributed by atoms with Crippen molar-refractivity contribution in [3.05, 3.63) is 65.4 Å². The number of rotatable bonds is 8. The molecule has 1 atom stereocenters. The number of ketones is 1. The highest BCUT2D eigenvalue weighted by atomic mass is 16.5. The molecule has 3 aromatic rings. The lowest BCUT2D eigenvalue weighted by atomic mass is 10.0. The Labute approximate surface area is 159 Å². The molecule has 2 N–H and O–H groups in total. The Kier molecular flexibility index (Phi) is 5.94. The van der Waals surface area contributed by atoms with Crippen LogP contribution in [0.3, 0.4) is 0 Å². The van der Waals surface area contributed by atoms with E-state index >= 15 is 0 Å². The molecule has 0 radical (unpaired) electrons. The monoisotopic (exact) mass is 367 g/mol. The zero-order valence-corrected chi connectivity index (χ0v) is 15.9. The molecule has 1 unspecified atom stereocenters. The van der Waals surface area contributed by atoms with Crippen molar-refractivity contribution in [1.29, 1.82) is 0 Å². The maximum Gasteiger partial charge on any atom is 0.228 e. The summed E-state index contributed by atoms with van der Waals surface area (Å²) >= 11 is 0. The first-order chi connectivity index (χ1) is 13.0. The number of aliphatic hydroxyl groups is 1. The minimum Gasteiger partial charge on any atom is -0.491 e. The van der Waals surface area contributed by atoms with Gasteiger partial charge >= 0.3 is 0 Å². The van der Waals surface area contributed by atoms with Crippen molar-refractivity contribution in [3.8, 4) is 5.75 Å². The summed E-state index contributed by atoms with van der Waals surface area (Å²) in [6, 6.07) is 14.8. The maximum absolute atomic E-state index is 12.7. The summed E-state index contributed by atoms with van der Waals surface area (Å²) in [5.74, 6) is 0.801. The fraction of sp³-hybridized carbons (Fsp3) is 0.318. The lowest BCUT2D eigenvalue weighted by Crippen LogP contribution is -2.35. The molecule has 0 aliphatic rings. The van der Waals surface area contributed by atoms with Crippen LogP contribution in [0.1, 0.15) is 35.5 Å². The fourth-order valence-electron chi connectivity index (χ4n) is 2.86. The van der Waals surface area contributed by atoms with E-state index in [9.17, 15) is 9.90 Å². The van der Waals surface area contributed by atoms with Gasteiger partial charge in [-0.2, -0.15) is 0 Å². The second kappa shape index (κ2) is 8.37. The van der Waals surface area contributed by atoms with E-state index in [0.29, 0.717) is 35.2 Å². The summed E-state index contributed by atoms with van der Waals surface area (Å²) in [7, 11) is 0. The molecular formula is C22H25NO4. The van der Waals surface area contributed by atoms with Crippen LogP contribution in [0.4, 0.5) is 0 Å². The van der Waals surface area contributed by atoms with Crippen LogP contribution in [0, 0.1) is 6.92 Å². The van der Waals surface area contributed by atoms with Gasteiger partial charge < -0.3 is 19.6 Å². The van der Waals surface area contributed by atoms with Gasteiger partial charge in [-0.1, -0.05) is 44.2 Å². The standard InChI is InChI=1S/C22H25NO4/c1-14(2)23-12-17(24)13-26-18-9-10-19-15(3)22(27-20(19)11-18)21(25)16-7-5-4-6-8-16/h4-11,14,17,23-24H,12-13H2,1-3H3. The van der Waals surface area contributed by atoms with E-state index < -0.39 is 6.10 Å². The first kappa shape index (κ1) is 19.1. The number of fused-ring (bicyclic) bond motifs is 1. The second-order valence-corrected chi connectivity index (χ2v) is 6.94. The maximum atomic E-state index is 12.7. The van der Waals surface area contributed by atoms with Crippen LogP contribution in [0.15, 0.2) is 52.9 Å². The third kappa shape index (κ3) is 4.56. The van der Waals surface area contributed by atoms with Crippen LogP contribution in [0.25, 0.3) is 11.0 Å².